The van der Waals surface area contributed by atoms with Crippen molar-refractivity contribution in [2.24, 2.45) is 4.99 Å². The van der Waals surface area contributed by atoms with E-state index in [2.05, 4.69) is 20.9 Å². The maximum atomic E-state index is 14.0. The van der Waals surface area contributed by atoms with Gasteiger partial charge >= 0.3 is 0 Å². The first kappa shape index (κ1) is 21.5. The molecule has 6 nitrogen and oxygen atoms in total. The highest BCUT2D eigenvalue weighted by Crippen LogP contribution is 2.24. The smallest absolute Gasteiger partial charge is 0.251 e. The number of nitrogens with zero attached hydrogens (tertiary/aromatic N) is 2. The molecule has 1 fully saturated rings. The van der Waals surface area contributed by atoms with Gasteiger partial charge in [-0.2, -0.15) is 0 Å². The van der Waals surface area contributed by atoms with Gasteiger partial charge in [0, 0.05) is 50.9 Å². The molecule has 0 bridgehead atoms. The van der Waals surface area contributed by atoms with Crippen LogP contribution in [0.1, 0.15) is 29.3 Å². The molecule has 0 radical (unpaired) electrons. The van der Waals surface area contributed by atoms with E-state index in [9.17, 15) is 13.6 Å². The van der Waals surface area contributed by atoms with Crippen molar-refractivity contribution >= 4 is 17.6 Å². The minimum absolute atomic E-state index is 0.0853. The molecule has 3 rings (SSSR count). The van der Waals surface area contributed by atoms with Crippen LogP contribution in [0.4, 0.5) is 14.5 Å². The van der Waals surface area contributed by atoms with Crippen LogP contribution < -0.4 is 20.9 Å². The molecule has 1 aliphatic heterocycles. The molecule has 30 heavy (non-hydrogen) atoms. The highest BCUT2D eigenvalue weighted by Gasteiger charge is 2.25. The largest absolute Gasteiger partial charge is 0.367 e. The van der Waals surface area contributed by atoms with Crippen molar-refractivity contribution in [2.75, 3.05) is 31.6 Å². The Balaban J connectivity index is 1.51. The molecule has 2 aromatic carbocycles. The number of halogens is 2. The Bertz CT molecular complexity index is 901. The fourth-order valence-electron chi connectivity index (χ4n) is 3.44. The van der Waals surface area contributed by atoms with E-state index >= 15 is 0 Å². The molecule has 3 N–H and O–H groups in total. The number of nitrogens with one attached hydrogen (secondary N) is 3. The molecule has 0 saturated carbocycles. The van der Waals surface area contributed by atoms with Crippen LogP contribution in [0, 0.1) is 11.6 Å². The molecule has 8 heteroatoms. The number of carbonyl (C=O) groups is 1. The van der Waals surface area contributed by atoms with E-state index in [-0.39, 0.29) is 11.9 Å². The molecule has 160 valence electrons. The number of hydrogen-bond acceptors (Lipinski definition) is 3. The zero-order valence-electron chi connectivity index (χ0n) is 17.2. The fraction of sp³-hybridized carbons (Fsp3) is 0.364. The van der Waals surface area contributed by atoms with Gasteiger partial charge < -0.3 is 20.9 Å². The molecule has 1 atom stereocenters. The van der Waals surface area contributed by atoms with E-state index in [1.807, 2.05) is 24.0 Å². The van der Waals surface area contributed by atoms with Gasteiger partial charge in [0.1, 0.15) is 11.6 Å². The van der Waals surface area contributed by atoms with Crippen molar-refractivity contribution in [3.8, 4) is 0 Å². The fourth-order valence-corrected chi connectivity index (χ4v) is 3.44. The topological polar surface area (TPSA) is 68.8 Å². The Kier molecular flexibility index (Phi) is 7.21. The third kappa shape index (κ3) is 5.46. The number of rotatable bonds is 6. The monoisotopic (exact) mass is 415 g/mol. The van der Waals surface area contributed by atoms with Crippen molar-refractivity contribution in [2.45, 2.75) is 25.9 Å². The number of guanidine groups is 1. The maximum absolute atomic E-state index is 14.0. The van der Waals surface area contributed by atoms with Crippen molar-refractivity contribution in [1.29, 1.82) is 0 Å². The molecular formula is C22H27F2N5O. The Hall–Kier alpha value is -3.16. The van der Waals surface area contributed by atoms with Gasteiger partial charge in [-0.25, -0.2) is 8.78 Å². The van der Waals surface area contributed by atoms with E-state index in [4.69, 9.17) is 0 Å². The van der Waals surface area contributed by atoms with Crippen LogP contribution in [-0.4, -0.2) is 44.6 Å². The Morgan fingerprint density at radius 3 is 2.60 bits per heavy atom. The lowest BCUT2D eigenvalue weighted by Gasteiger charge is -2.21. The second-order valence-electron chi connectivity index (χ2n) is 7.15. The highest BCUT2D eigenvalue weighted by molar-refractivity contribution is 5.94. The van der Waals surface area contributed by atoms with Crippen LogP contribution in [0.3, 0.4) is 0 Å². The van der Waals surface area contributed by atoms with Crippen LogP contribution >= 0.6 is 0 Å². The predicted molar refractivity (Wildman–Crippen MR) is 115 cm³/mol. The van der Waals surface area contributed by atoms with Gasteiger partial charge in [-0.3, -0.25) is 9.79 Å². The SMILES string of the molecule is CCNC(=O)c1ccc(CNC(=NC)NC2CCN(c3ccc(F)cc3F)C2)cc1. The number of anilines is 1. The maximum Gasteiger partial charge on any atom is 0.251 e. The quantitative estimate of drug-likeness (QED) is 0.501. The molecule has 1 aliphatic rings. The standard InChI is InChI=1S/C22H27F2N5O/c1-3-26-21(30)16-6-4-15(5-7-16)13-27-22(25-2)28-18-10-11-29(14-18)20-9-8-17(23)12-19(20)24/h4-9,12,18H,3,10-11,13-14H2,1-2H3,(H,26,30)(H2,25,27,28). The molecule has 1 unspecified atom stereocenters. The summed E-state index contributed by atoms with van der Waals surface area (Å²) in [6.07, 6.45) is 0.818. The van der Waals surface area contributed by atoms with Gasteiger partial charge in [-0.15, -0.1) is 0 Å². The Morgan fingerprint density at radius 2 is 1.93 bits per heavy atom. The minimum atomic E-state index is -0.575. The summed E-state index contributed by atoms with van der Waals surface area (Å²) in [5, 5.41) is 9.38. The van der Waals surface area contributed by atoms with E-state index in [1.54, 1.807) is 19.2 Å². The van der Waals surface area contributed by atoms with E-state index in [1.165, 1.54) is 12.1 Å². The molecule has 0 aromatic heterocycles. The highest BCUT2D eigenvalue weighted by atomic mass is 19.1. The van der Waals surface area contributed by atoms with Crippen LogP contribution in [0.5, 0.6) is 0 Å². The summed E-state index contributed by atoms with van der Waals surface area (Å²) in [6.45, 7) is 4.31. The normalized spacial score (nSPS) is 16.5. The van der Waals surface area contributed by atoms with Crippen LogP contribution in [0.15, 0.2) is 47.5 Å². The van der Waals surface area contributed by atoms with Gasteiger partial charge in [-0.05, 0) is 43.2 Å². The van der Waals surface area contributed by atoms with Crippen molar-refractivity contribution in [3.05, 3.63) is 65.2 Å². The van der Waals surface area contributed by atoms with E-state index in [0.717, 1.165) is 18.1 Å². The molecule has 0 aliphatic carbocycles. The Labute approximate surface area is 175 Å². The van der Waals surface area contributed by atoms with Crippen molar-refractivity contribution < 1.29 is 13.6 Å². The molecule has 0 spiro atoms. The summed E-state index contributed by atoms with van der Waals surface area (Å²) in [5.74, 6) is -0.560. The van der Waals surface area contributed by atoms with Crippen LogP contribution in [0.25, 0.3) is 0 Å². The lowest BCUT2D eigenvalue weighted by Crippen LogP contribution is -2.44. The number of aliphatic imine (C=N–C) groups is 1. The second kappa shape index (κ2) is 10.0. The van der Waals surface area contributed by atoms with Gasteiger partial charge in [0.15, 0.2) is 5.96 Å². The lowest BCUT2D eigenvalue weighted by atomic mass is 10.1. The van der Waals surface area contributed by atoms with E-state index < -0.39 is 11.6 Å². The van der Waals surface area contributed by atoms with Crippen LogP contribution in [0.2, 0.25) is 0 Å². The number of benzene rings is 2. The summed E-state index contributed by atoms with van der Waals surface area (Å²) in [5.41, 5.74) is 2.06. The Morgan fingerprint density at radius 1 is 1.17 bits per heavy atom. The third-order valence-electron chi connectivity index (χ3n) is 5.02. The van der Waals surface area contributed by atoms with Gasteiger partial charge in [0.25, 0.3) is 5.91 Å². The summed E-state index contributed by atoms with van der Waals surface area (Å²) in [4.78, 5) is 18.0. The van der Waals surface area contributed by atoms with E-state index in [0.29, 0.717) is 43.4 Å². The predicted octanol–water partition coefficient (Wildman–Crippen LogP) is 2.66. The van der Waals surface area contributed by atoms with Gasteiger partial charge in [0.05, 0.1) is 5.69 Å². The molecule has 1 saturated heterocycles. The third-order valence-corrected chi connectivity index (χ3v) is 5.02. The van der Waals surface area contributed by atoms with Crippen molar-refractivity contribution in [1.82, 2.24) is 16.0 Å². The zero-order chi connectivity index (χ0) is 21.5. The van der Waals surface area contributed by atoms with Crippen molar-refractivity contribution in [3.63, 3.8) is 0 Å². The molecule has 1 amide bonds. The first-order chi connectivity index (χ1) is 14.5. The summed E-state index contributed by atoms with van der Waals surface area (Å²) < 4.78 is 27.2. The zero-order valence-corrected chi connectivity index (χ0v) is 17.2. The molecule has 2 aromatic rings. The van der Waals surface area contributed by atoms with Gasteiger partial charge in [-0.1, -0.05) is 12.1 Å². The van der Waals surface area contributed by atoms with Crippen LogP contribution in [-0.2, 0) is 6.54 Å². The second-order valence-corrected chi connectivity index (χ2v) is 7.15. The average Bonchev–Trinajstić information content (AvgIpc) is 3.19. The summed E-state index contributed by atoms with van der Waals surface area (Å²) in [6, 6.07) is 11.2. The lowest BCUT2D eigenvalue weighted by molar-refractivity contribution is 0.0956. The average molecular weight is 415 g/mol. The molecular weight excluding hydrogens is 388 g/mol. The number of carbonyl (C=O) groups excluding carboxylic acids is 1. The molecule has 1 heterocycles. The minimum Gasteiger partial charge on any atom is -0.367 e. The number of hydrogen-bond donors (Lipinski definition) is 3. The van der Waals surface area contributed by atoms with Gasteiger partial charge in [0.2, 0.25) is 0 Å². The first-order valence-electron chi connectivity index (χ1n) is 10.0. The first-order valence-corrected chi connectivity index (χ1v) is 10.0. The number of amides is 1. The summed E-state index contributed by atoms with van der Waals surface area (Å²) >= 11 is 0. The summed E-state index contributed by atoms with van der Waals surface area (Å²) in [7, 11) is 1.69.